The Morgan fingerprint density at radius 3 is 3.00 bits per heavy atom. The average molecular weight is 287 g/mol. The van der Waals surface area contributed by atoms with Gasteiger partial charge in [0.25, 0.3) is 0 Å². The summed E-state index contributed by atoms with van der Waals surface area (Å²) >= 11 is 5.64. The van der Waals surface area contributed by atoms with Crippen molar-refractivity contribution in [3.8, 4) is 0 Å². The van der Waals surface area contributed by atoms with Crippen LogP contribution in [0.2, 0.25) is 5.02 Å². The molecule has 1 aromatic rings. The number of carbonyl (C=O) groups is 1. The van der Waals surface area contributed by atoms with E-state index in [0.717, 1.165) is 18.7 Å². The fourth-order valence-electron chi connectivity index (χ4n) is 2.12. The summed E-state index contributed by atoms with van der Waals surface area (Å²) in [6.45, 7) is 2.75. The van der Waals surface area contributed by atoms with Gasteiger partial charge in [-0.1, -0.05) is 11.6 Å². The minimum absolute atomic E-state index is 0.0270. The molecule has 0 radical (unpaired) electrons. The molecule has 1 aromatic carbocycles. The van der Waals surface area contributed by atoms with Gasteiger partial charge in [-0.3, -0.25) is 4.79 Å². The summed E-state index contributed by atoms with van der Waals surface area (Å²) in [5, 5.41) is 12.0. The van der Waals surface area contributed by atoms with Gasteiger partial charge in [0.1, 0.15) is 11.9 Å². The lowest BCUT2D eigenvalue weighted by atomic mass is 10.2. The summed E-state index contributed by atoms with van der Waals surface area (Å²) in [5.41, 5.74) is 0.746. The molecular formula is C13H16ClFN2O2. The minimum atomic E-state index is -1.01. The van der Waals surface area contributed by atoms with Crippen molar-refractivity contribution in [3.05, 3.63) is 29.0 Å². The fraction of sp³-hybridized carbons (Fsp3) is 0.462. The van der Waals surface area contributed by atoms with Crippen molar-refractivity contribution in [1.29, 1.82) is 0 Å². The van der Waals surface area contributed by atoms with Crippen LogP contribution in [0.5, 0.6) is 0 Å². The Morgan fingerprint density at radius 2 is 2.37 bits per heavy atom. The highest BCUT2D eigenvalue weighted by molar-refractivity contribution is 6.30. The van der Waals surface area contributed by atoms with Crippen LogP contribution in [0.1, 0.15) is 13.3 Å². The molecule has 104 valence electrons. The number of amides is 1. The maximum absolute atomic E-state index is 13.4. The van der Waals surface area contributed by atoms with Gasteiger partial charge in [-0.15, -0.1) is 0 Å². The van der Waals surface area contributed by atoms with Crippen molar-refractivity contribution < 1.29 is 14.3 Å². The smallest absolute Gasteiger partial charge is 0.248 e. The van der Waals surface area contributed by atoms with Gasteiger partial charge in [0.05, 0.1) is 5.02 Å². The van der Waals surface area contributed by atoms with E-state index in [2.05, 4.69) is 5.32 Å². The first-order valence-electron chi connectivity index (χ1n) is 6.16. The van der Waals surface area contributed by atoms with E-state index in [-0.39, 0.29) is 17.0 Å². The first kappa shape index (κ1) is 14.1. The molecule has 1 aliphatic rings. The largest absolute Gasteiger partial charge is 0.384 e. The van der Waals surface area contributed by atoms with Crippen LogP contribution in [-0.4, -0.2) is 36.2 Å². The third kappa shape index (κ3) is 3.36. The summed E-state index contributed by atoms with van der Waals surface area (Å²) in [7, 11) is 0. The first-order chi connectivity index (χ1) is 8.97. The van der Waals surface area contributed by atoms with Crippen LogP contribution in [0.25, 0.3) is 0 Å². The molecule has 0 spiro atoms. The minimum Gasteiger partial charge on any atom is -0.384 e. The summed E-state index contributed by atoms with van der Waals surface area (Å²) < 4.78 is 13.4. The van der Waals surface area contributed by atoms with E-state index < -0.39 is 11.9 Å². The fourth-order valence-corrected chi connectivity index (χ4v) is 2.23. The molecular weight excluding hydrogens is 271 g/mol. The van der Waals surface area contributed by atoms with Gasteiger partial charge in [-0.05, 0) is 31.5 Å². The lowest BCUT2D eigenvalue weighted by Gasteiger charge is -2.19. The average Bonchev–Trinajstić information content (AvgIpc) is 2.81. The van der Waals surface area contributed by atoms with Gasteiger partial charge >= 0.3 is 0 Å². The van der Waals surface area contributed by atoms with Crippen molar-refractivity contribution in [2.75, 3.05) is 18.0 Å². The maximum atomic E-state index is 13.4. The van der Waals surface area contributed by atoms with Gasteiger partial charge in [-0.25, -0.2) is 4.39 Å². The van der Waals surface area contributed by atoms with Crippen LogP contribution >= 0.6 is 11.6 Å². The number of carbonyl (C=O) groups excluding carboxylic acids is 1. The molecule has 1 amide bonds. The summed E-state index contributed by atoms with van der Waals surface area (Å²) in [6.07, 6.45) is -0.245. The zero-order valence-corrected chi connectivity index (χ0v) is 11.3. The Morgan fingerprint density at radius 1 is 1.63 bits per heavy atom. The van der Waals surface area contributed by atoms with E-state index >= 15 is 0 Å². The predicted molar refractivity (Wildman–Crippen MR) is 71.9 cm³/mol. The van der Waals surface area contributed by atoms with Crippen molar-refractivity contribution in [1.82, 2.24) is 5.32 Å². The van der Waals surface area contributed by atoms with E-state index in [1.54, 1.807) is 6.07 Å². The van der Waals surface area contributed by atoms with Crippen LogP contribution in [-0.2, 0) is 4.79 Å². The Balaban J connectivity index is 1.98. The molecule has 2 rings (SSSR count). The van der Waals surface area contributed by atoms with Crippen molar-refractivity contribution in [2.24, 2.45) is 0 Å². The van der Waals surface area contributed by atoms with E-state index in [1.165, 1.54) is 19.1 Å². The summed E-state index contributed by atoms with van der Waals surface area (Å²) in [5.74, 6) is -0.829. The number of nitrogens with zero attached hydrogens (tertiary/aromatic N) is 1. The van der Waals surface area contributed by atoms with Crippen LogP contribution in [0.3, 0.4) is 0 Å². The Bertz CT molecular complexity index is 482. The molecule has 0 saturated carbocycles. The highest BCUT2D eigenvalue weighted by Crippen LogP contribution is 2.24. The molecule has 1 aliphatic heterocycles. The molecule has 4 nitrogen and oxygen atoms in total. The number of rotatable bonds is 3. The normalized spacial score (nSPS) is 20.4. The molecule has 1 saturated heterocycles. The Labute approximate surface area is 116 Å². The first-order valence-corrected chi connectivity index (χ1v) is 6.53. The molecule has 1 heterocycles. The molecule has 0 aromatic heterocycles. The molecule has 0 unspecified atom stereocenters. The number of hydrogen-bond acceptors (Lipinski definition) is 3. The summed E-state index contributed by atoms with van der Waals surface area (Å²) in [6, 6.07) is 4.64. The van der Waals surface area contributed by atoms with E-state index in [0.29, 0.717) is 6.54 Å². The van der Waals surface area contributed by atoms with Gasteiger partial charge in [-0.2, -0.15) is 0 Å². The lowest BCUT2D eigenvalue weighted by molar-refractivity contribution is -0.129. The third-order valence-corrected chi connectivity index (χ3v) is 3.49. The van der Waals surface area contributed by atoms with Gasteiger partial charge < -0.3 is 15.3 Å². The van der Waals surface area contributed by atoms with Crippen LogP contribution in [0, 0.1) is 5.82 Å². The molecule has 6 heteroatoms. The van der Waals surface area contributed by atoms with E-state index in [9.17, 15) is 9.18 Å². The number of benzene rings is 1. The Hall–Kier alpha value is -1.33. The summed E-state index contributed by atoms with van der Waals surface area (Å²) in [4.78, 5) is 13.4. The molecule has 1 fully saturated rings. The predicted octanol–water partition coefficient (Wildman–Crippen LogP) is 1.55. The SMILES string of the molecule is C[C@H](O)C(=O)N[C@@H]1CCN(c2ccc(Cl)c(F)c2)C1. The zero-order valence-electron chi connectivity index (χ0n) is 10.6. The quantitative estimate of drug-likeness (QED) is 0.886. The lowest BCUT2D eigenvalue weighted by Crippen LogP contribution is -2.41. The number of aliphatic hydroxyl groups excluding tert-OH is 1. The highest BCUT2D eigenvalue weighted by Gasteiger charge is 2.25. The number of hydrogen-bond donors (Lipinski definition) is 2. The molecule has 19 heavy (non-hydrogen) atoms. The van der Waals surface area contributed by atoms with E-state index in [4.69, 9.17) is 16.7 Å². The maximum Gasteiger partial charge on any atom is 0.248 e. The standard InChI is InChI=1S/C13H16ClFN2O2/c1-8(18)13(19)16-9-4-5-17(7-9)10-2-3-11(14)12(15)6-10/h2-3,6,8-9,18H,4-5,7H2,1H3,(H,16,19)/t8-,9+/m0/s1. The molecule has 0 aliphatic carbocycles. The molecule has 2 atom stereocenters. The van der Waals surface area contributed by atoms with Crippen LogP contribution in [0.15, 0.2) is 18.2 Å². The van der Waals surface area contributed by atoms with Crippen molar-refractivity contribution in [3.63, 3.8) is 0 Å². The van der Waals surface area contributed by atoms with Gasteiger partial charge in [0, 0.05) is 24.8 Å². The molecule has 0 bridgehead atoms. The van der Waals surface area contributed by atoms with Crippen LogP contribution in [0.4, 0.5) is 10.1 Å². The molecule has 2 N–H and O–H groups in total. The number of nitrogens with one attached hydrogen (secondary N) is 1. The number of halogens is 2. The second-order valence-corrected chi connectivity index (χ2v) is 5.12. The Kier molecular flexibility index (Phi) is 4.27. The van der Waals surface area contributed by atoms with Crippen LogP contribution < -0.4 is 10.2 Å². The van der Waals surface area contributed by atoms with Gasteiger partial charge in [0.2, 0.25) is 5.91 Å². The second kappa shape index (κ2) is 5.75. The zero-order chi connectivity index (χ0) is 14.0. The van der Waals surface area contributed by atoms with Gasteiger partial charge in [0.15, 0.2) is 0 Å². The van der Waals surface area contributed by atoms with Crippen molar-refractivity contribution >= 4 is 23.2 Å². The van der Waals surface area contributed by atoms with Crippen molar-refractivity contribution in [2.45, 2.75) is 25.5 Å². The third-order valence-electron chi connectivity index (χ3n) is 3.18. The highest BCUT2D eigenvalue weighted by atomic mass is 35.5. The number of aliphatic hydroxyl groups is 1. The second-order valence-electron chi connectivity index (χ2n) is 4.71. The van der Waals surface area contributed by atoms with E-state index in [1.807, 2.05) is 4.90 Å². The number of anilines is 1. The topological polar surface area (TPSA) is 52.6 Å². The monoisotopic (exact) mass is 286 g/mol.